The van der Waals surface area contributed by atoms with Crippen LogP contribution >= 0.6 is 15.9 Å². The van der Waals surface area contributed by atoms with Crippen LogP contribution in [0, 0.1) is 0 Å². The smallest absolute Gasteiger partial charge is 0.255 e. The van der Waals surface area contributed by atoms with Gasteiger partial charge in [0.05, 0.1) is 13.2 Å². The predicted octanol–water partition coefficient (Wildman–Crippen LogP) is 3.01. The van der Waals surface area contributed by atoms with E-state index in [1.54, 1.807) is 6.07 Å². The largest absolute Gasteiger partial charge is 0.395 e. The summed E-state index contributed by atoms with van der Waals surface area (Å²) in [5, 5.41) is 12.3. The molecule has 0 unspecified atom stereocenters. The molecule has 1 rings (SSSR count). The van der Waals surface area contributed by atoms with Crippen LogP contribution in [0.3, 0.4) is 0 Å². The average Bonchev–Trinajstić information content (AvgIpc) is 2.36. The lowest BCUT2D eigenvalue weighted by Gasteiger charge is -2.24. The van der Waals surface area contributed by atoms with E-state index in [-0.39, 0.29) is 19.7 Å². The second-order valence-corrected chi connectivity index (χ2v) is 5.73. The number of anilines is 1. The van der Waals surface area contributed by atoms with E-state index in [0.717, 1.165) is 10.0 Å². The van der Waals surface area contributed by atoms with Crippen LogP contribution in [0.25, 0.3) is 0 Å². The first kappa shape index (κ1) is 17.3. The lowest BCUT2D eigenvalue weighted by Crippen LogP contribution is -2.31. The van der Waals surface area contributed by atoms with E-state index < -0.39 is 6.43 Å². The van der Waals surface area contributed by atoms with Gasteiger partial charge in [0.25, 0.3) is 6.43 Å². The van der Waals surface area contributed by atoms with Crippen LogP contribution in [0.2, 0.25) is 0 Å². The predicted molar refractivity (Wildman–Crippen MR) is 81.4 cm³/mol. The molecular formula is C14H21BrF2N2O. The Morgan fingerprint density at radius 1 is 1.35 bits per heavy atom. The molecule has 3 nitrogen and oxygen atoms in total. The minimum Gasteiger partial charge on any atom is -0.395 e. The zero-order chi connectivity index (χ0) is 15.1. The molecule has 0 radical (unpaired) electrons. The molecule has 0 heterocycles. The zero-order valence-electron chi connectivity index (χ0n) is 11.7. The molecular weight excluding hydrogens is 330 g/mol. The van der Waals surface area contributed by atoms with E-state index >= 15 is 0 Å². The fraction of sp³-hybridized carbons (Fsp3) is 0.571. The molecule has 0 spiro atoms. The van der Waals surface area contributed by atoms with Crippen molar-refractivity contribution in [2.24, 2.45) is 0 Å². The molecule has 0 aliphatic heterocycles. The van der Waals surface area contributed by atoms with Crippen LogP contribution in [-0.4, -0.2) is 37.3 Å². The standard InChI is InChI=1S/C14H21BrF2N2O/c1-10(2)18-8-11-3-4-12(7-13(11)15)19(5-6-20)9-14(16)17/h3-4,7,10,14,18,20H,5-6,8-9H2,1-2H3. The summed E-state index contributed by atoms with van der Waals surface area (Å²) in [4.78, 5) is 1.48. The van der Waals surface area contributed by atoms with E-state index in [9.17, 15) is 8.78 Å². The van der Waals surface area contributed by atoms with Gasteiger partial charge < -0.3 is 15.3 Å². The number of nitrogens with zero attached hydrogens (tertiary/aromatic N) is 1. The Morgan fingerprint density at radius 3 is 2.55 bits per heavy atom. The SMILES string of the molecule is CC(C)NCc1ccc(N(CCO)CC(F)F)cc1Br. The van der Waals surface area contributed by atoms with Crippen LogP contribution in [0.1, 0.15) is 19.4 Å². The minimum atomic E-state index is -2.43. The van der Waals surface area contributed by atoms with Gasteiger partial charge in [0, 0.05) is 29.3 Å². The topological polar surface area (TPSA) is 35.5 Å². The van der Waals surface area contributed by atoms with Gasteiger partial charge in [0.15, 0.2) is 0 Å². The summed E-state index contributed by atoms with van der Waals surface area (Å²) in [6.07, 6.45) is -2.43. The molecule has 2 N–H and O–H groups in total. The number of aliphatic hydroxyl groups excluding tert-OH is 1. The Hall–Kier alpha value is -0.720. The molecule has 114 valence electrons. The van der Waals surface area contributed by atoms with Gasteiger partial charge >= 0.3 is 0 Å². The molecule has 0 aliphatic rings. The minimum absolute atomic E-state index is 0.152. The number of hydrogen-bond donors (Lipinski definition) is 2. The van der Waals surface area contributed by atoms with Crippen molar-refractivity contribution in [3.05, 3.63) is 28.2 Å². The Kier molecular flexibility index (Phi) is 7.40. The quantitative estimate of drug-likeness (QED) is 0.756. The third-order valence-electron chi connectivity index (χ3n) is 2.83. The van der Waals surface area contributed by atoms with Gasteiger partial charge in [-0.25, -0.2) is 8.78 Å². The van der Waals surface area contributed by atoms with Crippen molar-refractivity contribution in [3.63, 3.8) is 0 Å². The first-order valence-corrected chi connectivity index (χ1v) is 7.39. The summed E-state index contributed by atoms with van der Waals surface area (Å²) in [7, 11) is 0. The van der Waals surface area contributed by atoms with Gasteiger partial charge in [0.1, 0.15) is 0 Å². The van der Waals surface area contributed by atoms with Crippen molar-refractivity contribution in [1.82, 2.24) is 5.32 Å². The Labute approximate surface area is 127 Å². The van der Waals surface area contributed by atoms with E-state index in [1.807, 2.05) is 12.1 Å². The maximum absolute atomic E-state index is 12.5. The highest BCUT2D eigenvalue weighted by atomic mass is 79.9. The van der Waals surface area contributed by atoms with E-state index in [1.165, 1.54) is 4.90 Å². The molecule has 0 amide bonds. The maximum Gasteiger partial charge on any atom is 0.255 e. The second-order valence-electron chi connectivity index (χ2n) is 4.87. The fourth-order valence-electron chi connectivity index (χ4n) is 1.80. The van der Waals surface area contributed by atoms with Crippen LogP contribution in [0.5, 0.6) is 0 Å². The fourth-order valence-corrected chi connectivity index (χ4v) is 2.31. The van der Waals surface area contributed by atoms with E-state index in [0.29, 0.717) is 18.3 Å². The average molecular weight is 351 g/mol. The monoisotopic (exact) mass is 350 g/mol. The summed E-state index contributed by atoms with van der Waals surface area (Å²) in [5.74, 6) is 0. The van der Waals surface area contributed by atoms with Gasteiger partial charge in [-0.05, 0) is 17.7 Å². The second kappa shape index (κ2) is 8.54. The van der Waals surface area contributed by atoms with Crippen molar-refractivity contribution in [2.45, 2.75) is 32.9 Å². The molecule has 20 heavy (non-hydrogen) atoms. The highest BCUT2D eigenvalue weighted by Crippen LogP contribution is 2.24. The Morgan fingerprint density at radius 2 is 2.05 bits per heavy atom. The van der Waals surface area contributed by atoms with Gasteiger partial charge in [-0.2, -0.15) is 0 Å². The highest BCUT2D eigenvalue weighted by Gasteiger charge is 2.13. The van der Waals surface area contributed by atoms with Crippen molar-refractivity contribution in [2.75, 3.05) is 24.6 Å². The molecule has 0 saturated heterocycles. The number of halogens is 3. The lowest BCUT2D eigenvalue weighted by molar-refractivity contribution is 0.153. The molecule has 0 aliphatic carbocycles. The number of benzene rings is 1. The van der Waals surface area contributed by atoms with E-state index in [4.69, 9.17) is 5.11 Å². The first-order chi connectivity index (χ1) is 9.43. The molecule has 0 saturated carbocycles. The van der Waals surface area contributed by atoms with Gasteiger partial charge in [-0.1, -0.05) is 35.8 Å². The summed E-state index contributed by atoms with van der Waals surface area (Å²) >= 11 is 3.47. The van der Waals surface area contributed by atoms with E-state index in [2.05, 4.69) is 35.1 Å². The lowest BCUT2D eigenvalue weighted by atomic mass is 10.2. The van der Waals surface area contributed by atoms with Crippen molar-refractivity contribution < 1.29 is 13.9 Å². The highest BCUT2D eigenvalue weighted by molar-refractivity contribution is 9.10. The molecule has 0 fully saturated rings. The van der Waals surface area contributed by atoms with Crippen molar-refractivity contribution in [3.8, 4) is 0 Å². The molecule has 0 aromatic heterocycles. The normalized spacial score (nSPS) is 11.4. The molecule has 1 aromatic carbocycles. The van der Waals surface area contributed by atoms with Gasteiger partial charge in [0.2, 0.25) is 0 Å². The number of hydrogen-bond acceptors (Lipinski definition) is 3. The van der Waals surface area contributed by atoms with Crippen LogP contribution in [-0.2, 0) is 6.54 Å². The third-order valence-corrected chi connectivity index (χ3v) is 3.57. The Bertz CT molecular complexity index is 416. The van der Waals surface area contributed by atoms with Crippen LogP contribution in [0.4, 0.5) is 14.5 Å². The van der Waals surface area contributed by atoms with Crippen molar-refractivity contribution in [1.29, 1.82) is 0 Å². The zero-order valence-corrected chi connectivity index (χ0v) is 13.3. The molecule has 0 bridgehead atoms. The summed E-state index contributed by atoms with van der Waals surface area (Å²) in [5.41, 5.74) is 1.75. The molecule has 6 heteroatoms. The summed E-state index contributed by atoms with van der Waals surface area (Å²) < 4.78 is 26.0. The number of rotatable bonds is 8. The maximum atomic E-state index is 12.5. The molecule has 1 aromatic rings. The third kappa shape index (κ3) is 5.73. The number of aliphatic hydroxyl groups is 1. The Balaban J connectivity index is 2.82. The number of alkyl halides is 2. The summed E-state index contributed by atoms with van der Waals surface area (Å²) in [6, 6.07) is 5.91. The van der Waals surface area contributed by atoms with Gasteiger partial charge in [-0.3, -0.25) is 0 Å². The molecule has 0 atom stereocenters. The van der Waals surface area contributed by atoms with Crippen molar-refractivity contribution >= 4 is 21.6 Å². The summed E-state index contributed by atoms with van der Waals surface area (Å²) in [6.45, 7) is 4.51. The first-order valence-electron chi connectivity index (χ1n) is 6.59. The van der Waals surface area contributed by atoms with Gasteiger partial charge in [-0.15, -0.1) is 0 Å². The van der Waals surface area contributed by atoms with Crippen LogP contribution in [0.15, 0.2) is 22.7 Å². The van der Waals surface area contributed by atoms with Crippen LogP contribution < -0.4 is 10.2 Å². The number of nitrogens with one attached hydrogen (secondary N) is 1.